The van der Waals surface area contributed by atoms with Crippen LogP contribution >= 0.6 is 22.9 Å². The van der Waals surface area contributed by atoms with Gasteiger partial charge in [-0.1, -0.05) is 30.7 Å². The summed E-state index contributed by atoms with van der Waals surface area (Å²) in [5, 5.41) is 7.16. The monoisotopic (exact) mass is 296 g/mol. The number of rotatable bonds is 7. The molecule has 0 aliphatic heterocycles. The van der Waals surface area contributed by atoms with Crippen molar-refractivity contribution in [1.29, 1.82) is 0 Å². The highest BCUT2D eigenvalue weighted by molar-refractivity contribution is 7.09. The van der Waals surface area contributed by atoms with Crippen LogP contribution in [-0.2, 0) is 24.5 Å². The molecular weight excluding hydrogens is 280 g/mol. The minimum atomic E-state index is 0.547. The van der Waals surface area contributed by atoms with Crippen molar-refractivity contribution in [2.24, 2.45) is 0 Å². The summed E-state index contributed by atoms with van der Waals surface area (Å²) < 4.78 is 5.64. The summed E-state index contributed by atoms with van der Waals surface area (Å²) in [6.07, 6.45) is 0. The first-order valence-electron chi connectivity index (χ1n) is 6.24. The van der Waals surface area contributed by atoms with Gasteiger partial charge in [0, 0.05) is 16.9 Å². The van der Waals surface area contributed by atoms with Crippen LogP contribution in [0.3, 0.4) is 0 Å². The number of halogens is 1. The molecule has 0 radical (unpaired) electrons. The molecule has 2 aromatic rings. The van der Waals surface area contributed by atoms with Gasteiger partial charge in [0.15, 0.2) is 0 Å². The van der Waals surface area contributed by atoms with E-state index in [-0.39, 0.29) is 0 Å². The maximum atomic E-state index is 5.83. The molecule has 3 nitrogen and oxygen atoms in total. The van der Waals surface area contributed by atoms with Crippen molar-refractivity contribution in [3.05, 3.63) is 50.9 Å². The fourth-order valence-corrected chi connectivity index (χ4v) is 2.46. The molecule has 0 aliphatic carbocycles. The molecule has 19 heavy (non-hydrogen) atoms. The van der Waals surface area contributed by atoms with Gasteiger partial charge in [-0.3, -0.25) is 0 Å². The van der Waals surface area contributed by atoms with E-state index in [4.69, 9.17) is 16.3 Å². The smallest absolute Gasteiger partial charge is 0.107 e. The van der Waals surface area contributed by atoms with Crippen LogP contribution in [0, 0.1) is 0 Å². The van der Waals surface area contributed by atoms with Crippen LogP contribution in [0.5, 0.6) is 0 Å². The van der Waals surface area contributed by atoms with E-state index in [1.54, 1.807) is 11.3 Å². The minimum absolute atomic E-state index is 0.547. The average Bonchev–Trinajstić information content (AvgIpc) is 2.87. The van der Waals surface area contributed by atoms with Gasteiger partial charge in [-0.15, -0.1) is 11.3 Å². The fraction of sp³-hybridized carbons (Fsp3) is 0.357. The van der Waals surface area contributed by atoms with Crippen molar-refractivity contribution >= 4 is 22.9 Å². The number of nitrogens with zero attached hydrogens (tertiary/aromatic N) is 1. The zero-order chi connectivity index (χ0) is 13.5. The van der Waals surface area contributed by atoms with E-state index in [0.29, 0.717) is 13.2 Å². The van der Waals surface area contributed by atoms with Gasteiger partial charge in [-0.05, 0) is 24.2 Å². The van der Waals surface area contributed by atoms with Gasteiger partial charge in [0.1, 0.15) is 5.01 Å². The molecular formula is C14H17ClN2OS. The number of aromatic nitrogens is 1. The normalized spacial score (nSPS) is 10.8. The number of thiazole rings is 1. The Balaban J connectivity index is 1.76. The third-order valence-corrected chi connectivity index (χ3v) is 3.71. The summed E-state index contributed by atoms with van der Waals surface area (Å²) in [6, 6.07) is 7.69. The van der Waals surface area contributed by atoms with E-state index in [1.807, 2.05) is 24.3 Å². The van der Waals surface area contributed by atoms with Crippen molar-refractivity contribution in [2.75, 3.05) is 6.54 Å². The highest BCUT2D eigenvalue weighted by atomic mass is 35.5. The van der Waals surface area contributed by atoms with E-state index in [2.05, 4.69) is 22.6 Å². The van der Waals surface area contributed by atoms with Crippen LogP contribution in [0.25, 0.3) is 0 Å². The molecule has 1 N–H and O–H groups in total. The number of benzene rings is 1. The highest BCUT2D eigenvalue weighted by Gasteiger charge is 2.02. The van der Waals surface area contributed by atoms with Crippen LogP contribution in [0.4, 0.5) is 0 Å². The third-order valence-electron chi connectivity index (χ3n) is 2.56. The minimum Gasteiger partial charge on any atom is -0.370 e. The predicted octanol–water partition coefficient (Wildman–Crippen LogP) is 3.62. The summed E-state index contributed by atoms with van der Waals surface area (Å²) in [5.74, 6) is 0. The Morgan fingerprint density at radius 3 is 2.79 bits per heavy atom. The molecule has 0 fully saturated rings. The molecule has 1 heterocycles. The molecule has 0 saturated heterocycles. The van der Waals surface area contributed by atoms with Crippen LogP contribution in [-0.4, -0.2) is 11.5 Å². The molecule has 0 saturated carbocycles. The third kappa shape index (κ3) is 4.91. The van der Waals surface area contributed by atoms with Crippen LogP contribution in [0.15, 0.2) is 29.6 Å². The zero-order valence-corrected chi connectivity index (χ0v) is 12.4. The van der Waals surface area contributed by atoms with Gasteiger partial charge in [-0.2, -0.15) is 0 Å². The van der Waals surface area contributed by atoms with Gasteiger partial charge in [0.2, 0.25) is 0 Å². The van der Waals surface area contributed by atoms with Crippen LogP contribution in [0.1, 0.15) is 23.2 Å². The Kier molecular flexibility index (Phi) is 5.79. The van der Waals surface area contributed by atoms with Crippen molar-refractivity contribution in [3.8, 4) is 0 Å². The fourth-order valence-electron chi connectivity index (χ4n) is 1.58. The van der Waals surface area contributed by atoms with Crippen molar-refractivity contribution < 1.29 is 4.74 Å². The molecule has 0 unspecified atom stereocenters. The van der Waals surface area contributed by atoms with Gasteiger partial charge in [-0.25, -0.2) is 4.98 Å². The van der Waals surface area contributed by atoms with E-state index >= 15 is 0 Å². The van der Waals surface area contributed by atoms with E-state index in [0.717, 1.165) is 34.4 Å². The second-order valence-corrected chi connectivity index (χ2v) is 5.51. The van der Waals surface area contributed by atoms with Crippen molar-refractivity contribution in [2.45, 2.75) is 26.7 Å². The number of ether oxygens (including phenoxy) is 1. The lowest BCUT2D eigenvalue weighted by atomic mass is 10.2. The largest absolute Gasteiger partial charge is 0.370 e. The molecule has 2 rings (SSSR count). The quantitative estimate of drug-likeness (QED) is 0.847. The standard InChI is InChI=1S/C14H17ClN2OS/c1-2-16-7-14-17-13(10-19-14)9-18-8-11-3-5-12(15)6-4-11/h3-6,10,16H,2,7-9H2,1H3. The van der Waals surface area contributed by atoms with E-state index in [9.17, 15) is 0 Å². The first-order valence-corrected chi connectivity index (χ1v) is 7.50. The maximum Gasteiger partial charge on any atom is 0.107 e. The zero-order valence-electron chi connectivity index (χ0n) is 10.9. The summed E-state index contributed by atoms with van der Waals surface area (Å²) in [4.78, 5) is 4.50. The molecule has 5 heteroatoms. The predicted molar refractivity (Wildman–Crippen MR) is 79.4 cm³/mol. The summed E-state index contributed by atoms with van der Waals surface area (Å²) in [5.41, 5.74) is 2.11. The Labute approximate surface area is 122 Å². The van der Waals surface area contributed by atoms with Gasteiger partial charge < -0.3 is 10.1 Å². The number of hydrogen-bond donors (Lipinski definition) is 1. The average molecular weight is 297 g/mol. The Morgan fingerprint density at radius 2 is 2.05 bits per heavy atom. The lowest BCUT2D eigenvalue weighted by Crippen LogP contribution is -2.11. The molecule has 0 aliphatic rings. The first-order chi connectivity index (χ1) is 9.28. The van der Waals surface area contributed by atoms with Crippen LogP contribution in [0.2, 0.25) is 5.02 Å². The Morgan fingerprint density at radius 1 is 1.26 bits per heavy atom. The Bertz CT molecular complexity index is 498. The number of hydrogen-bond acceptors (Lipinski definition) is 4. The maximum absolute atomic E-state index is 5.83. The molecule has 1 aromatic carbocycles. The first kappa shape index (κ1) is 14.5. The number of nitrogens with one attached hydrogen (secondary N) is 1. The van der Waals surface area contributed by atoms with Crippen molar-refractivity contribution in [3.63, 3.8) is 0 Å². The second-order valence-electron chi connectivity index (χ2n) is 4.13. The summed E-state index contributed by atoms with van der Waals surface area (Å²) in [6.45, 7) is 5.01. The van der Waals surface area contributed by atoms with E-state index < -0.39 is 0 Å². The topological polar surface area (TPSA) is 34.2 Å². The lowest BCUT2D eigenvalue weighted by molar-refractivity contribution is 0.105. The van der Waals surface area contributed by atoms with Crippen LogP contribution < -0.4 is 5.32 Å². The molecule has 0 spiro atoms. The van der Waals surface area contributed by atoms with Gasteiger partial charge >= 0.3 is 0 Å². The van der Waals surface area contributed by atoms with Gasteiger partial charge in [0.25, 0.3) is 0 Å². The molecule has 0 amide bonds. The molecule has 102 valence electrons. The summed E-state index contributed by atoms with van der Waals surface area (Å²) >= 11 is 7.50. The Hall–Kier alpha value is -0.940. The summed E-state index contributed by atoms with van der Waals surface area (Å²) in [7, 11) is 0. The molecule has 0 bridgehead atoms. The SMILES string of the molecule is CCNCc1nc(COCc2ccc(Cl)cc2)cs1. The lowest BCUT2D eigenvalue weighted by Gasteiger charge is -2.02. The van der Waals surface area contributed by atoms with Gasteiger partial charge in [0.05, 0.1) is 18.9 Å². The van der Waals surface area contributed by atoms with E-state index in [1.165, 1.54) is 0 Å². The van der Waals surface area contributed by atoms with Crippen molar-refractivity contribution in [1.82, 2.24) is 10.3 Å². The highest BCUT2D eigenvalue weighted by Crippen LogP contribution is 2.13. The second kappa shape index (κ2) is 7.60. The molecule has 1 aromatic heterocycles. The molecule has 0 atom stereocenters.